The van der Waals surface area contributed by atoms with Gasteiger partial charge in [-0.25, -0.2) is 0 Å². The summed E-state index contributed by atoms with van der Waals surface area (Å²) in [5.74, 6) is 1.60. The van der Waals surface area contributed by atoms with Crippen LogP contribution in [0.3, 0.4) is 0 Å². The van der Waals surface area contributed by atoms with Crippen LogP contribution < -0.4 is 10.6 Å². The molecule has 0 aliphatic carbocycles. The van der Waals surface area contributed by atoms with Gasteiger partial charge in [0.15, 0.2) is 5.96 Å². The third-order valence-corrected chi connectivity index (χ3v) is 4.50. The van der Waals surface area contributed by atoms with Gasteiger partial charge >= 0.3 is 0 Å². The lowest BCUT2D eigenvalue weighted by molar-refractivity contribution is -0.130. The largest absolute Gasteiger partial charge is 0.381 e. The first-order valence-electron chi connectivity index (χ1n) is 10.2. The van der Waals surface area contributed by atoms with E-state index in [9.17, 15) is 4.79 Å². The summed E-state index contributed by atoms with van der Waals surface area (Å²) >= 11 is 0. The van der Waals surface area contributed by atoms with Gasteiger partial charge in [-0.3, -0.25) is 9.79 Å². The number of carbonyl (C=O) groups is 1. The molecule has 1 rings (SSSR count). The minimum Gasteiger partial charge on any atom is -0.381 e. The molecule has 160 valence electrons. The van der Waals surface area contributed by atoms with Crippen LogP contribution in [0.2, 0.25) is 0 Å². The highest BCUT2D eigenvalue weighted by Crippen LogP contribution is 2.14. The zero-order valence-corrected chi connectivity index (χ0v) is 19.6. The van der Waals surface area contributed by atoms with Gasteiger partial charge in [0.2, 0.25) is 5.91 Å². The first kappa shape index (κ1) is 26.4. The Kier molecular flexibility index (Phi) is 17.1. The molecule has 7 nitrogen and oxygen atoms in total. The number of guanidine groups is 1. The van der Waals surface area contributed by atoms with Crippen molar-refractivity contribution >= 4 is 35.8 Å². The molecule has 1 saturated heterocycles. The lowest BCUT2D eigenvalue weighted by Crippen LogP contribution is -2.40. The highest BCUT2D eigenvalue weighted by atomic mass is 127. The molecule has 0 aromatic heterocycles. The lowest BCUT2D eigenvalue weighted by Gasteiger charge is -2.21. The van der Waals surface area contributed by atoms with Crippen LogP contribution in [0.25, 0.3) is 0 Å². The first-order valence-corrected chi connectivity index (χ1v) is 10.2. The molecule has 1 heterocycles. The summed E-state index contributed by atoms with van der Waals surface area (Å²) in [5.41, 5.74) is 0. The second-order valence-corrected chi connectivity index (χ2v) is 6.49. The van der Waals surface area contributed by atoms with Crippen molar-refractivity contribution in [3.05, 3.63) is 0 Å². The van der Waals surface area contributed by atoms with Gasteiger partial charge in [0.25, 0.3) is 0 Å². The number of nitrogens with zero attached hydrogens (tertiary/aromatic N) is 2. The summed E-state index contributed by atoms with van der Waals surface area (Å²) in [6.07, 6.45) is 3.61. The van der Waals surface area contributed by atoms with Gasteiger partial charge in [0, 0.05) is 65.6 Å². The Bertz CT molecular complexity index is 400. The molecule has 0 atom stereocenters. The summed E-state index contributed by atoms with van der Waals surface area (Å²) in [7, 11) is 0. The van der Waals surface area contributed by atoms with E-state index in [0.717, 1.165) is 71.3 Å². The number of aliphatic imine (C=N–C) groups is 1. The first-order chi connectivity index (χ1) is 12.7. The number of hydrogen-bond acceptors (Lipinski definition) is 4. The van der Waals surface area contributed by atoms with E-state index in [1.165, 1.54) is 0 Å². The van der Waals surface area contributed by atoms with E-state index in [1.807, 2.05) is 25.7 Å². The molecule has 0 saturated carbocycles. The van der Waals surface area contributed by atoms with Gasteiger partial charge in [0.1, 0.15) is 0 Å². The molecular formula is C19H39IN4O3. The summed E-state index contributed by atoms with van der Waals surface area (Å²) in [5, 5.41) is 6.45. The van der Waals surface area contributed by atoms with E-state index in [1.54, 1.807) is 0 Å². The fraction of sp³-hybridized carbons (Fsp3) is 0.895. The van der Waals surface area contributed by atoms with E-state index in [0.29, 0.717) is 25.4 Å². The number of rotatable bonds is 12. The molecule has 0 unspecified atom stereocenters. The minimum atomic E-state index is 0. The Morgan fingerprint density at radius 1 is 1.19 bits per heavy atom. The molecular weight excluding hydrogens is 459 g/mol. The molecule has 1 fully saturated rings. The van der Waals surface area contributed by atoms with Gasteiger partial charge in [-0.2, -0.15) is 0 Å². The van der Waals surface area contributed by atoms with Crippen molar-refractivity contribution in [2.24, 2.45) is 10.9 Å². The minimum absolute atomic E-state index is 0. The molecule has 27 heavy (non-hydrogen) atoms. The van der Waals surface area contributed by atoms with Crippen LogP contribution in [0.1, 0.15) is 46.5 Å². The number of halogens is 1. The average molecular weight is 498 g/mol. The van der Waals surface area contributed by atoms with Crippen LogP contribution in [0.5, 0.6) is 0 Å². The van der Waals surface area contributed by atoms with Crippen LogP contribution >= 0.6 is 24.0 Å². The van der Waals surface area contributed by atoms with E-state index < -0.39 is 0 Å². The third kappa shape index (κ3) is 12.5. The maximum Gasteiger partial charge on any atom is 0.224 e. The topological polar surface area (TPSA) is 75.2 Å². The Morgan fingerprint density at radius 2 is 1.89 bits per heavy atom. The Labute approximate surface area is 182 Å². The molecule has 1 aliphatic rings. The number of ether oxygens (including phenoxy) is 2. The van der Waals surface area contributed by atoms with Crippen LogP contribution in [0.15, 0.2) is 4.99 Å². The van der Waals surface area contributed by atoms with Crippen LogP contribution in [-0.4, -0.2) is 75.9 Å². The van der Waals surface area contributed by atoms with Crippen molar-refractivity contribution in [3.8, 4) is 0 Å². The molecule has 1 amide bonds. The standard InChI is InChI=1S/C19H38N4O3.HI/c1-4-20-19(22-12-8-18(24)23(5-2)6-3)21-11-7-13-26-16-17-9-14-25-15-10-17;/h17H,4-16H2,1-3H3,(H2,20,21,22);1H. The van der Waals surface area contributed by atoms with E-state index in [2.05, 4.69) is 15.6 Å². The van der Waals surface area contributed by atoms with Crippen LogP contribution in [0.4, 0.5) is 0 Å². The average Bonchev–Trinajstić information content (AvgIpc) is 2.66. The lowest BCUT2D eigenvalue weighted by atomic mass is 10.0. The smallest absolute Gasteiger partial charge is 0.224 e. The fourth-order valence-electron chi connectivity index (χ4n) is 2.88. The van der Waals surface area contributed by atoms with Crippen molar-refractivity contribution in [3.63, 3.8) is 0 Å². The molecule has 1 aliphatic heterocycles. The zero-order valence-electron chi connectivity index (χ0n) is 17.3. The quantitative estimate of drug-likeness (QED) is 0.187. The van der Waals surface area contributed by atoms with Crippen LogP contribution in [-0.2, 0) is 14.3 Å². The number of carbonyl (C=O) groups excluding carboxylic acids is 1. The highest BCUT2D eigenvalue weighted by molar-refractivity contribution is 14.0. The molecule has 0 spiro atoms. The van der Waals surface area contributed by atoms with E-state index in [-0.39, 0.29) is 29.9 Å². The second-order valence-electron chi connectivity index (χ2n) is 6.49. The summed E-state index contributed by atoms with van der Waals surface area (Å²) in [6.45, 7) is 13.0. The van der Waals surface area contributed by atoms with Crippen molar-refractivity contribution in [1.82, 2.24) is 15.5 Å². The molecule has 0 radical (unpaired) electrons. The molecule has 8 heteroatoms. The van der Waals surface area contributed by atoms with Crippen LogP contribution in [0, 0.1) is 5.92 Å². The predicted octanol–water partition coefficient (Wildman–Crippen LogP) is 2.25. The summed E-state index contributed by atoms with van der Waals surface area (Å²) < 4.78 is 11.1. The Balaban J connectivity index is 0.00000676. The van der Waals surface area contributed by atoms with Crippen molar-refractivity contribution in [2.45, 2.75) is 46.5 Å². The molecule has 0 bridgehead atoms. The monoisotopic (exact) mass is 498 g/mol. The van der Waals surface area contributed by atoms with Gasteiger partial charge in [0.05, 0.1) is 0 Å². The molecule has 0 aromatic rings. The van der Waals surface area contributed by atoms with Gasteiger partial charge < -0.3 is 25.0 Å². The summed E-state index contributed by atoms with van der Waals surface area (Å²) in [4.78, 5) is 18.4. The highest BCUT2D eigenvalue weighted by Gasteiger charge is 2.13. The SMILES string of the molecule is CCNC(=NCCCOCC1CCOCC1)NCCC(=O)N(CC)CC.I. The molecule has 0 aromatic carbocycles. The van der Waals surface area contributed by atoms with Crippen molar-refractivity contribution in [1.29, 1.82) is 0 Å². The number of amides is 1. The van der Waals surface area contributed by atoms with E-state index in [4.69, 9.17) is 9.47 Å². The second kappa shape index (κ2) is 17.5. The Morgan fingerprint density at radius 3 is 2.52 bits per heavy atom. The predicted molar refractivity (Wildman–Crippen MR) is 121 cm³/mol. The van der Waals surface area contributed by atoms with Gasteiger partial charge in [-0.15, -0.1) is 24.0 Å². The Hall–Kier alpha value is -0.610. The number of nitrogens with one attached hydrogen (secondary N) is 2. The van der Waals surface area contributed by atoms with Crippen molar-refractivity contribution in [2.75, 3.05) is 59.2 Å². The third-order valence-electron chi connectivity index (χ3n) is 4.50. The maximum absolute atomic E-state index is 12.0. The zero-order chi connectivity index (χ0) is 19.0. The maximum atomic E-state index is 12.0. The van der Waals surface area contributed by atoms with Gasteiger partial charge in [-0.05, 0) is 46.0 Å². The molecule has 2 N–H and O–H groups in total. The van der Waals surface area contributed by atoms with Gasteiger partial charge in [-0.1, -0.05) is 0 Å². The van der Waals surface area contributed by atoms with Crippen molar-refractivity contribution < 1.29 is 14.3 Å². The summed E-state index contributed by atoms with van der Waals surface area (Å²) in [6, 6.07) is 0. The fourth-order valence-corrected chi connectivity index (χ4v) is 2.88. The number of hydrogen-bond donors (Lipinski definition) is 2. The van der Waals surface area contributed by atoms with E-state index >= 15 is 0 Å². The normalized spacial score (nSPS) is 15.1.